The normalized spacial score (nSPS) is 11.4. The van der Waals surface area contributed by atoms with Crippen molar-refractivity contribution in [3.8, 4) is 11.3 Å². The lowest BCUT2D eigenvalue weighted by molar-refractivity contribution is 0.590. The highest BCUT2D eigenvalue weighted by Crippen LogP contribution is 2.31. The summed E-state index contributed by atoms with van der Waals surface area (Å²) in [5, 5.41) is 4.21. The fourth-order valence-corrected chi connectivity index (χ4v) is 2.87. The third-order valence-electron chi connectivity index (χ3n) is 3.22. The molecule has 0 unspecified atom stereocenters. The van der Waals surface area contributed by atoms with Gasteiger partial charge in [0.05, 0.1) is 5.69 Å². The zero-order chi connectivity index (χ0) is 14.8. The molecule has 0 aliphatic carbocycles. The zero-order valence-electron chi connectivity index (χ0n) is 12.7. The van der Waals surface area contributed by atoms with Gasteiger partial charge >= 0.3 is 0 Å². The van der Waals surface area contributed by atoms with E-state index >= 15 is 0 Å². The molecule has 0 atom stereocenters. The third kappa shape index (κ3) is 3.28. The molecule has 0 radical (unpaired) electrons. The standard InChI is InChI=1S/C17H22N2S/c1-6-11-18-16-19-15(12(2)20-16)13-7-9-14(10-8-13)17(3,4)5/h6-10H,1,11H2,2-5H3,(H,18,19). The minimum absolute atomic E-state index is 0.187. The van der Waals surface area contributed by atoms with E-state index < -0.39 is 0 Å². The molecule has 2 nitrogen and oxygen atoms in total. The van der Waals surface area contributed by atoms with E-state index in [4.69, 9.17) is 0 Å². The first kappa shape index (κ1) is 14.8. The molecule has 2 aromatic rings. The van der Waals surface area contributed by atoms with Crippen molar-refractivity contribution in [3.63, 3.8) is 0 Å². The first-order chi connectivity index (χ1) is 9.41. The number of nitrogens with one attached hydrogen (secondary N) is 1. The minimum atomic E-state index is 0.187. The maximum absolute atomic E-state index is 4.67. The molecule has 2 rings (SSSR count). The summed E-state index contributed by atoms with van der Waals surface area (Å²) in [6, 6.07) is 8.73. The van der Waals surface area contributed by atoms with Gasteiger partial charge in [-0.25, -0.2) is 4.98 Å². The van der Waals surface area contributed by atoms with Crippen LogP contribution in [-0.4, -0.2) is 11.5 Å². The Kier molecular flexibility index (Phi) is 4.29. The Morgan fingerprint density at radius 3 is 2.45 bits per heavy atom. The maximum atomic E-state index is 4.67. The predicted molar refractivity (Wildman–Crippen MR) is 89.7 cm³/mol. The van der Waals surface area contributed by atoms with Crippen LogP contribution in [0.1, 0.15) is 31.2 Å². The van der Waals surface area contributed by atoms with E-state index in [1.54, 1.807) is 11.3 Å². The van der Waals surface area contributed by atoms with E-state index in [1.165, 1.54) is 16.0 Å². The van der Waals surface area contributed by atoms with Crippen molar-refractivity contribution in [2.45, 2.75) is 33.1 Å². The van der Waals surface area contributed by atoms with Gasteiger partial charge in [0.1, 0.15) is 0 Å². The number of anilines is 1. The molecule has 0 fully saturated rings. The second kappa shape index (κ2) is 5.80. The minimum Gasteiger partial charge on any atom is -0.358 e. The number of aromatic nitrogens is 1. The molecule has 3 heteroatoms. The van der Waals surface area contributed by atoms with Gasteiger partial charge in [-0.3, -0.25) is 0 Å². The molecule has 0 saturated carbocycles. The Labute approximate surface area is 125 Å². The fourth-order valence-electron chi connectivity index (χ4n) is 2.03. The monoisotopic (exact) mass is 286 g/mol. The first-order valence-corrected chi connectivity index (χ1v) is 7.66. The van der Waals surface area contributed by atoms with Crippen molar-refractivity contribution >= 4 is 16.5 Å². The van der Waals surface area contributed by atoms with E-state index in [0.717, 1.165) is 17.4 Å². The molecule has 0 saturated heterocycles. The van der Waals surface area contributed by atoms with Crippen LogP contribution in [-0.2, 0) is 5.41 Å². The van der Waals surface area contributed by atoms with Gasteiger partial charge in [-0.05, 0) is 17.9 Å². The summed E-state index contributed by atoms with van der Waals surface area (Å²) in [5.74, 6) is 0. The van der Waals surface area contributed by atoms with Crippen molar-refractivity contribution in [1.82, 2.24) is 4.98 Å². The summed E-state index contributed by atoms with van der Waals surface area (Å²) in [6.07, 6.45) is 1.84. The van der Waals surface area contributed by atoms with Gasteiger partial charge in [0, 0.05) is 17.0 Å². The smallest absolute Gasteiger partial charge is 0.183 e. The Balaban J connectivity index is 2.27. The molecule has 0 aliphatic heterocycles. The highest BCUT2D eigenvalue weighted by atomic mass is 32.1. The van der Waals surface area contributed by atoms with Gasteiger partial charge in [-0.2, -0.15) is 0 Å². The Morgan fingerprint density at radius 2 is 1.90 bits per heavy atom. The zero-order valence-corrected chi connectivity index (χ0v) is 13.5. The molecule has 106 valence electrons. The van der Waals surface area contributed by atoms with E-state index in [9.17, 15) is 0 Å². The topological polar surface area (TPSA) is 24.9 Å². The molecule has 1 aromatic carbocycles. The van der Waals surface area contributed by atoms with Crippen LogP contribution in [0.2, 0.25) is 0 Å². The predicted octanol–water partition coefficient (Wildman–Crippen LogP) is 5.01. The molecule has 0 aliphatic rings. The molecule has 20 heavy (non-hydrogen) atoms. The van der Waals surface area contributed by atoms with Crippen LogP contribution in [0.25, 0.3) is 11.3 Å². The molecular formula is C17H22N2S. The lowest BCUT2D eigenvalue weighted by Crippen LogP contribution is -2.10. The van der Waals surface area contributed by atoms with Crippen molar-refractivity contribution in [3.05, 3.63) is 47.4 Å². The van der Waals surface area contributed by atoms with E-state index in [2.05, 4.69) is 68.8 Å². The fraction of sp³-hybridized carbons (Fsp3) is 0.353. The highest BCUT2D eigenvalue weighted by molar-refractivity contribution is 7.16. The van der Waals surface area contributed by atoms with Gasteiger partial charge in [0.2, 0.25) is 0 Å². The summed E-state index contributed by atoms with van der Waals surface area (Å²) >= 11 is 1.69. The number of nitrogens with zero attached hydrogens (tertiary/aromatic N) is 1. The molecule has 0 bridgehead atoms. The van der Waals surface area contributed by atoms with Gasteiger partial charge < -0.3 is 5.32 Å². The number of hydrogen-bond acceptors (Lipinski definition) is 3. The number of benzene rings is 1. The second-order valence-corrected chi connectivity index (χ2v) is 7.12. The third-order valence-corrected chi connectivity index (χ3v) is 4.15. The summed E-state index contributed by atoms with van der Waals surface area (Å²) in [4.78, 5) is 5.91. The van der Waals surface area contributed by atoms with Gasteiger partial charge in [-0.15, -0.1) is 17.9 Å². The quantitative estimate of drug-likeness (QED) is 0.799. The Bertz CT molecular complexity index is 588. The van der Waals surface area contributed by atoms with Gasteiger partial charge in [0.15, 0.2) is 5.13 Å². The molecule has 1 heterocycles. The van der Waals surface area contributed by atoms with Crippen LogP contribution < -0.4 is 5.32 Å². The summed E-state index contributed by atoms with van der Waals surface area (Å²) < 4.78 is 0. The van der Waals surface area contributed by atoms with Gasteiger partial charge in [-0.1, -0.05) is 51.1 Å². The van der Waals surface area contributed by atoms with Gasteiger partial charge in [0.25, 0.3) is 0 Å². The average molecular weight is 286 g/mol. The molecule has 1 N–H and O–H groups in total. The lowest BCUT2D eigenvalue weighted by Gasteiger charge is -2.19. The molecular weight excluding hydrogens is 264 g/mol. The van der Waals surface area contributed by atoms with Crippen LogP contribution in [0.5, 0.6) is 0 Å². The van der Waals surface area contributed by atoms with Crippen LogP contribution in [0, 0.1) is 6.92 Å². The average Bonchev–Trinajstić information content (AvgIpc) is 2.77. The van der Waals surface area contributed by atoms with Crippen molar-refractivity contribution in [1.29, 1.82) is 0 Å². The highest BCUT2D eigenvalue weighted by Gasteiger charge is 2.14. The largest absolute Gasteiger partial charge is 0.358 e. The van der Waals surface area contributed by atoms with E-state index in [0.29, 0.717) is 0 Å². The number of thiazole rings is 1. The van der Waals surface area contributed by atoms with E-state index in [-0.39, 0.29) is 5.41 Å². The number of aryl methyl sites for hydroxylation is 1. The van der Waals surface area contributed by atoms with Crippen molar-refractivity contribution in [2.24, 2.45) is 0 Å². The number of hydrogen-bond donors (Lipinski definition) is 1. The van der Waals surface area contributed by atoms with Crippen LogP contribution >= 0.6 is 11.3 Å². The van der Waals surface area contributed by atoms with Crippen molar-refractivity contribution < 1.29 is 0 Å². The Hall–Kier alpha value is -1.61. The van der Waals surface area contributed by atoms with E-state index in [1.807, 2.05) is 6.08 Å². The van der Waals surface area contributed by atoms with Crippen LogP contribution in [0.4, 0.5) is 5.13 Å². The molecule has 1 aromatic heterocycles. The second-order valence-electron chi connectivity index (χ2n) is 5.92. The Morgan fingerprint density at radius 1 is 1.25 bits per heavy atom. The molecule has 0 spiro atoms. The summed E-state index contributed by atoms with van der Waals surface area (Å²) in [5.41, 5.74) is 3.78. The lowest BCUT2D eigenvalue weighted by atomic mass is 9.86. The SMILES string of the molecule is C=CCNc1nc(-c2ccc(C(C)(C)C)cc2)c(C)s1. The van der Waals surface area contributed by atoms with Crippen LogP contribution in [0.3, 0.4) is 0 Å². The number of rotatable bonds is 4. The van der Waals surface area contributed by atoms with Crippen molar-refractivity contribution in [2.75, 3.05) is 11.9 Å². The summed E-state index contributed by atoms with van der Waals surface area (Å²) in [6.45, 7) is 13.3. The first-order valence-electron chi connectivity index (χ1n) is 6.85. The maximum Gasteiger partial charge on any atom is 0.183 e. The molecule has 0 amide bonds. The van der Waals surface area contributed by atoms with Crippen LogP contribution in [0.15, 0.2) is 36.9 Å². The summed E-state index contributed by atoms with van der Waals surface area (Å²) in [7, 11) is 0.